The molecule has 12 N–H and O–H groups in total. The maximum Gasteiger partial charge on any atom is 0.470 e. The number of nitrogens with zero attached hydrogens (tertiary/aromatic N) is 8. The molecule has 0 aromatic carbocycles. The number of aromatic nitrogens is 8. The van der Waals surface area contributed by atoms with E-state index in [4.69, 9.17) is 40.5 Å². The summed E-state index contributed by atoms with van der Waals surface area (Å²) in [5.74, 6) is 0.270. The Morgan fingerprint density at radius 2 is 1.24 bits per heavy atom. The molecule has 6 heterocycles. The molecule has 0 aliphatic carbocycles. The molecule has 4 aromatic heterocycles. The molecular formula is C20H28N10O14P2. The summed E-state index contributed by atoms with van der Waals surface area (Å²) in [6.07, 6.45) is -5.17. The van der Waals surface area contributed by atoms with Crippen LogP contribution in [0.1, 0.15) is 12.5 Å². The normalized spacial score (nSPS) is 28.5. The lowest BCUT2D eigenvalue weighted by molar-refractivity contribution is -0.0509. The standard InChI is InChI=1S/2C10H14N5O7P/c11-8-5-9(13-2-12-8)15(3-14-5)10-6(17)7(4(1-16)21-10)22-23(18,19)20;11-8-5-9(13-2-12-8)15(3-14-5)10-7(17)6(16)4(22-10)1-21-23(18,19)20/h2*2-4,6-7,10,16-17H,1H2,(H2,11,12,13)(H2,18,19,20)/t2*4-,6-,7-,10-/m11/s1. The molecule has 26 heteroatoms. The number of hydrogen-bond donors (Lipinski definition) is 10. The molecule has 0 unspecified atom stereocenters. The van der Waals surface area contributed by atoms with E-state index in [1.54, 1.807) is 0 Å². The van der Waals surface area contributed by atoms with Crippen LogP contribution < -0.4 is 11.5 Å². The maximum absolute atomic E-state index is 11.0. The molecule has 2 aliphatic heterocycles. The Morgan fingerprint density at radius 1 is 0.739 bits per heavy atom. The van der Waals surface area contributed by atoms with Gasteiger partial charge in [0.25, 0.3) is 0 Å². The van der Waals surface area contributed by atoms with E-state index in [2.05, 4.69) is 39.0 Å². The van der Waals surface area contributed by atoms with Gasteiger partial charge in [-0.15, -0.1) is 0 Å². The van der Waals surface area contributed by atoms with E-state index in [9.17, 15) is 29.6 Å². The number of aliphatic hydroxyl groups excluding tert-OH is 4. The first kappa shape index (κ1) is 34.0. The van der Waals surface area contributed by atoms with Gasteiger partial charge in [0.15, 0.2) is 35.4 Å². The number of hydrogen-bond acceptors (Lipinski definition) is 18. The van der Waals surface area contributed by atoms with E-state index in [0.717, 1.165) is 0 Å². The first-order valence-electron chi connectivity index (χ1n) is 12.9. The van der Waals surface area contributed by atoms with E-state index in [0.29, 0.717) is 5.52 Å². The molecule has 0 bridgehead atoms. The zero-order valence-electron chi connectivity index (χ0n) is 23.0. The minimum Gasteiger partial charge on any atom is -0.394 e. The van der Waals surface area contributed by atoms with Gasteiger partial charge < -0.3 is 60.9 Å². The highest BCUT2D eigenvalue weighted by Crippen LogP contribution is 2.44. The molecule has 2 saturated heterocycles. The summed E-state index contributed by atoms with van der Waals surface area (Å²) in [5, 5.41) is 39.6. The van der Waals surface area contributed by atoms with Crippen LogP contribution >= 0.6 is 15.6 Å². The summed E-state index contributed by atoms with van der Waals surface area (Å²) in [7, 11) is -9.60. The van der Waals surface area contributed by atoms with Crippen LogP contribution in [-0.4, -0.2) is 129 Å². The van der Waals surface area contributed by atoms with Crippen molar-refractivity contribution in [1.82, 2.24) is 39.0 Å². The first-order valence-corrected chi connectivity index (χ1v) is 15.9. The van der Waals surface area contributed by atoms with E-state index < -0.39 is 77.9 Å². The smallest absolute Gasteiger partial charge is 0.394 e. The Labute approximate surface area is 255 Å². The second-order valence-corrected chi connectivity index (χ2v) is 12.2. The summed E-state index contributed by atoms with van der Waals surface area (Å²) in [6.45, 7) is -1.20. The maximum atomic E-state index is 11.0. The molecule has 2 fully saturated rings. The van der Waals surface area contributed by atoms with Gasteiger partial charge in [0, 0.05) is 0 Å². The quantitative estimate of drug-likeness (QED) is 0.0792. The van der Waals surface area contributed by atoms with Crippen LogP contribution in [-0.2, 0) is 27.7 Å². The summed E-state index contributed by atoms with van der Waals surface area (Å²) in [5.41, 5.74) is 12.5. The Balaban J connectivity index is 0.000000181. The van der Waals surface area contributed by atoms with Crippen molar-refractivity contribution in [3.8, 4) is 0 Å². The first-order chi connectivity index (χ1) is 21.6. The second-order valence-electron chi connectivity index (χ2n) is 9.80. The van der Waals surface area contributed by atoms with E-state index in [1.165, 1.54) is 34.4 Å². The molecule has 24 nitrogen and oxygen atoms in total. The average molecular weight is 694 g/mol. The molecule has 4 aromatic rings. The number of nitrogens with two attached hydrogens (primary N) is 2. The fraction of sp³-hybridized carbons (Fsp3) is 0.500. The predicted octanol–water partition coefficient (Wildman–Crippen LogP) is -3.73. The molecule has 0 radical (unpaired) electrons. The minimum atomic E-state index is -4.88. The highest BCUT2D eigenvalue weighted by Gasteiger charge is 2.48. The summed E-state index contributed by atoms with van der Waals surface area (Å²) in [6, 6.07) is 0. The number of ether oxygens (including phenoxy) is 2. The van der Waals surface area contributed by atoms with Gasteiger partial charge in [-0.05, 0) is 0 Å². The zero-order valence-corrected chi connectivity index (χ0v) is 24.8. The molecule has 6 rings (SSSR count). The largest absolute Gasteiger partial charge is 0.470 e. The van der Waals surface area contributed by atoms with E-state index in [1.807, 2.05) is 0 Å². The van der Waals surface area contributed by atoms with Crippen molar-refractivity contribution in [1.29, 1.82) is 0 Å². The Bertz CT molecular complexity index is 1780. The third kappa shape index (κ3) is 7.00. The third-order valence-electron chi connectivity index (χ3n) is 6.82. The van der Waals surface area contributed by atoms with Crippen molar-refractivity contribution in [2.75, 3.05) is 24.7 Å². The monoisotopic (exact) mass is 694 g/mol. The van der Waals surface area contributed by atoms with Crippen molar-refractivity contribution in [2.24, 2.45) is 0 Å². The van der Waals surface area contributed by atoms with Crippen molar-refractivity contribution in [3.05, 3.63) is 25.3 Å². The van der Waals surface area contributed by atoms with Gasteiger partial charge >= 0.3 is 15.6 Å². The summed E-state index contributed by atoms with van der Waals surface area (Å²) in [4.78, 5) is 58.8. The van der Waals surface area contributed by atoms with E-state index >= 15 is 0 Å². The lowest BCUT2D eigenvalue weighted by Gasteiger charge is -2.19. The van der Waals surface area contributed by atoms with Crippen LogP contribution in [0.5, 0.6) is 0 Å². The Kier molecular flexibility index (Phi) is 9.66. The van der Waals surface area contributed by atoms with Gasteiger partial charge in [-0.25, -0.2) is 39.0 Å². The molecule has 0 amide bonds. The van der Waals surface area contributed by atoms with Gasteiger partial charge in [0.2, 0.25) is 0 Å². The predicted molar refractivity (Wildman–Crippen MR) is 147 cm³/mol. The highest BCUT2D eigenvalue weighted by atomic mass is 31.2. The fourth-order valence-corrected chi connectivity index (χ4v) is 5.68. The molecule has 0 spiro atoms. The number of rotatable bonds is 8. The van der Waals surface area contributed by atoms with E-state index in [-0.39, 0.29) is 28.4 Å². The topological polar surface area (TPSA) is 372 Å². The minimum absolute atomic E-state index is 0.128. The Hall–Kier alpha value is -3.32. The fourth-order valence-electron chi connectivity index (χ4n) is 4.76. The van der Waals surface area contributed by atoms with Crippen molar-refractivity contribution in [2.45, 2.75) is 49.1 Å². The third-order valence-corrected chi connectivity index (χ3v) is 7.82. The molecule has 2 aliphatic rings. The highest BCUT2D eigenvalue weighted by molar-refractivity contribution is 7.46. The molecular weight excluding hydrogens is 666 g/mol. The van der Waals surface area contributed by atoms with Crippen LogP contribution in [0.2, 0.25) is 0 Å². The lowest BCUT2D eigenvalue weighted by Crippen LogP contribution is -2.35. The van der Waals surface area contributed by atoms with Gasteiger partial charge in [-0.2, -0.15) is 0 Å². The van der Waals surface area contributed by atoms with Gasteiger partial charge in [-0.3, -0.25) is 18.2 Å². The number of imidazole rings is 2. The van der Waals surface area contributed by atoms with Gasteiger partial charge in [0.05, 0.1) is 25.9 Å². The number of aliphatic hydroxyl groups is 4. The zero-order chi connectivity index (χ0) is 33.6. The van der Waals surface area contributed by atoms with Crippen molar-refractivity contribution in [3.63, 3.8) is 0 Å². The number of nitrogen functional groups attached to an aromatic ring is 2. The van der Waals surface area contributed by atoms with Gasteiger partial charge in [-0.1, -0.05) is 0 Å². The lowest BCUT2D eigenvalue weighted by atomic mass is 10.1. The van der Waals surface area contributed by atoms with Gasteiger partial charge in [0.1, 0.15) is 60.3 Å². The van der Waals surface area contributed by atoms with Crippen LogP contribution in [0, 0.1) is 0 Å². The number of phosphoric ester groups is 2. The van der Waals surface area contributed by atoms with Crippen molar-refractivity contribution < 1.29 is 67.7 Å². The average Bonchev–Trinajstić information content (AvgIpc) is 3.74. The second kappa shape index (κ2) is 13.1. The van der Waals surface area contributed by atoms with Crippen LogP contribution in [0.3, 0.4) is 0 Å². The Morgan fingerprint density at radius 3 is 1.72 bits per heavy atom. The van der Waals surface area contributed by atoms with Crippen LogP contribution in [0.25, 0.3) is 22.3 Å². The summed E-state index contributed by atoms with van der Waals surface area (Å²) >= 11 is 0. The molecule has 8 atom stereocenters. The number of phosphoric acid groups is 2. The number of anilines is 2. The molecule has 0 saturated carbocycles. The van der Waals surface area contributed by atoms with Crippen LogP contribution in [0.4, 0.5) is 11.6 Å². The number of fused-ring (bicyclic) bond motifs is 2. The van der Waals surface area contributed by atoms with Crippen molar-refractivity contribution >= 4 is 49.6 Å². The SMILES string of the molecule is Nc1ncnc2c1ncn2[C@@H]1O[C@H](CO)[C@@H](OP(=O)(O)O)[C@H]1O.Nc1ncnc2c1ncn2[C@@H]1O[C@H](COP(=O)(O)O)[C@@H](O)[C@H]1O. The van der Waals surface area contributed by atoms with Crippen LogP contribution in [0.15, 0.2) is 25.3 Å². The molecule has 252 valence electrons. The molecule has 46 heavy (non-hydrogen) atoms. The summed E-state index contributed by atoms with van der Waals surface area (Å²) < 4.78 is 44.1.